The molecule has 4 N–H and O–H groups in total. The summed E-state index contributed by atoms with van der Waals surface area (Å²) in [6.07, 6.45) is 2.05. The molecule has 0 aliphatic heterocycles. The van der Waals surface area contributed by atoms with Crippen LogP contribution in [0.5, 0.6) is 0 Å². The quantitative estimate of drug-likeness (QED) is 0.687. The third-order valence-electron chi connectivity index (χ3n) is 3.19. The number of imidazole rings is 1. The second kappa shape index (κ2) is 6.03. The van der Waals surface area contributed by atoms with E-state index in [0.29, 0.717) is 29.4 Å². The molecule has 112 valence electrons. The summed E-state index contributed by atoms with van der Waals surface area (Å²) >= 11 is 5.93. The number of aromatic nitrogens is 3. The molecule has 22 heavy (non-hydrogen) atoms. The maximum Gasteiger partial charge on any atom is 0.252 e. The molecule has 6 nitrogen and oxygen atoms in total. The Morgan fingerprint density at radius 3 is 2.95 bits per heavy atom. The van der Waals surface area contributed by atoms with Crippen molar-refractivity contribution in [2.24, 2.45) is 0 Å². The number of nitrogens with one attached hydrogen (secondary N) is 2. The van der Waals surface area contributed by atoms with Crippen LogP contribution in [0.25, 0.3) is 11.0 Å². The van der Waals surface area contributed by atoms with Crippen LogP contribution in [0.2, 0.25) is 5.02 Å². The van der Waals surface area contributed by atoms with E-state index in [2.05, 4.69) is 20.3 Å². The van der Waals surface area contributed by atoms with Gasteiger partial charge in [-0.25, -0.2) is 9.97 Å². The van der Waals surface area contributed by atoms with Crippen LogP contribution in [-0.4, -0.2) is 27.4 Å². The van der Waals surface area contributed by atoms with Gasteiger partial charge in [0, 0.05) is 24.2 Å². The van der Waals surface area contributed by atoms with Gasteiger partial charge in [-0.3, -0.25) is 4.79 Å². The van der Waals surface area contributed by atoms with Crippen LogP contribution in [0.4, 0.5) is 5.82 Å². The molecule has 0 aliphatic carbocycles. The highest BCUT2D eigenvalue weighted by Crippen LogP contribution is 2.17. The molecule has 1 aromatic carbocycles. The Bertz CT molecular complexity index is 812. The molecule has 3 aromatic rings. The maximum absolute atomic E-state index is 11.9. The molecule has 1 amide bonds. The number of nitrogens with zero attached hydrogens (tertiary/aromatic N) is 2. The number of halogens is 1. The van der Waals surface area contributed by atoms with Crippen molar-refractivity contribution >= 4 is 34.4 Å². The lowest BCUT2D eigenvalue weighted by atomic mass is 10.2. The van der Waals surface area contributed by atoms with E-state index in [1.165, 1.54) is 6.20 Å². The first kappa shape index (κ1) is 14.3. The Morgan fingerprint density at radius 2 is 2.18 bits per heavy atom. The number of anilines is 1. The van der Waals surface area contributed by atoms with E-state index in [4.69, 9.17) is 17.3 Å². The maximum atomic E-state index is 11.9. The van der Waals surface area contributed by atoms with E-state index in [0.717, 1.165) is 16.9 Å². The zero-order valence-electron chi connectivity index (χ0n) is 11.6. The molecule has 3 rings (SSSR count). The number of H-pyrrole nitrogens is 1. The number of carbonyl (C=O) groups excluding carboxylic acids is 1. The zero-order chi connectivity index (χ0) is 15.5. The van der Waals surface area contributed by atoms with Crippen LogP contribution in [0.3, 0.4) is 0 Å². The van der Waals surface area contributed by atoms with Gasteiger partial charge >= 0.3 is 0 Å². The van der Waals surface area contributed by atoms with Crippen molar-refractivity contribution in [3.8, 4) is 0 Å². The SMILES string of the molecule is Nc1ccc(C(=O)NCCc2nc3ccc(Cl)cc3[nH]2)cn1. The van der Waals surface area contributed by atoms with Gasteiger partial charge in [0.1, 0.15) is 11.6 Å². The lowest BCUT2D eigenvalue weighted by Gasteiger charge is -2.03. The first-order valence-corrected chi connectivity index (χ1v) is 7.13. The van der Waals surface area contributed by atoms with E-state index in [-0.39, 0.29) is 5.91 Å². The Labute approximate surface area is 131 Å². The number of rotatable bonds is 4. The number of carbonyl (C=O) groups is 1. The van der Waals surface area contributed by atoms with Crippen LogP contribution in [0.15, 0.2) is 36.5 Å². The van der Waals surface area contributed by atoms with Crippen molar-refractivity contribution in [1.29, 1.82) is 0 Å². The van der Waals surface area contributed by atoms with Gasteiger partial charge in [0.05, 0.1) is 16.6 Å². The summed E-state index contributed by atoms with van der Waals surface area (Å²) in [5.74, 6) is 0.997. The highest BCUT2D eigenvalue weighted by molar-refractivity contribution is 6.31. The fourth-order valence-corrected chi connectivity index (χ4v) is 2.26. The van der Waals surface area contributed by atoms with Gasteiger partial charge in [0.25, 0.3) is 5.91 Å². The summed E-state index contributed by atoms with van der Waals surface area (Å²) in [6, 6.07) is 8.71. The smallest absolute Gasteiger partial charge is 0.252 e. The van der Waals surface area contributed by atoms with Gasteiger partial charge in [0.2, 0.25) is 0 Å². The molecule has 0 atom stereocenters. The number of pyridine rings is 1. The summed E-state index contributed by atoms with van der Waals surface area (Å²) in [4.78, 5) is 23.4. The Kier molecular flexibility index (Phi) is 3.93. The molecule has 0 saturated carbocycles. The molecule has 0 saturated heterocycles. The number of nitrogen functional groups attached to an aromatic ring is 1. The molecule has 0 radical (unpaired) electrons. The average molecular weight is 316 g/mol. The largest absolute Gasteiger partial charge is 0.384 e. The second-order valence-electron chi connectivity index (χ2n) is 4.82. The predicted molar refractivity (Wildman–Crippen MR) is 85.8 cm³/mol. The topological polar surface area (TPSA) is 96.7 Å². The second-order valence-corrected chi connectivity index (χ2v) is 5.26. The molecular weight excluding hydrogens is 302 g/mol. The van der Waals surface area contributed by atoms with Gasteiger partial charge in [-0.05, 0) is 30.3 Å². The molecule has 2 heterocycles. The fourth-order valence-electron chi connectivity index (χ4n) is 2.09. The minimum absolute atomic E-state index is 0.188. The molecule has 0 spiro atoms. The van der Waals surface area contributed by atoms with Crippen LogP contribution in [-0.2, 0) is 6.42 Å². The van der Waals surface area contributed by atoms with Crippen LogP contribution >= 0.6 is 11.6 Å². The van der Waals surface area contributed by atoms with Crippen molar-refractivity contribution in [2.75, 3.05) is 12.3 Å². The molecule has 7 heteroatoms. The Morgan fingerprint density at radius 1 is 1.32 bits per heavy atom. The summed E-state index contributed by atoms with van der Waals surface area (Å²) in [7, 11) is 0. The van der Waals surface area contributed by atoms with E-state index >= 15 is 0 Å². The monoisotopic (exact) mass is 315 g/mol. The molecule has 0 bridgehead atoms. The van der Waals surface area contributed by atoms with E-state index in [1.807, 2.05) is 12.1 Å². The summed E-state index contributed by atoms with van der Waals surface area (Å²) in [5.41, 5.74) is 7.70. The third kappa shape index (κ3) is 3.17. The number of hydrogen-bond acceptors (Lipinski definition) is 4. The van der Waals surface area contributed by atoms with Crippen LogP contribution in [0.1, 0.15) is 16.2 Å². The number of aromatic amines is 1. The normalized spacial score (nSPS) is 10.8. The first-order chi connectivity index (χ1) is 10.6. The van der Waals surface area contributed by atoms with Crippen molar-refractivity contribution in [2.45, 2.75) is 6.42 Å². The number of nitrogens with two attached hydrogens (primary N) is 1. The van der Waals surface area contributed by atoms with E-state index in [1.54, 1.807) is 18.2 Å². The lowest BCUT2D eigenvalue weighted by molar-refractivity contribution is 0.0953. The Hall–Kier alpha value is -2.60. The minimum atomic E-state index is -0.188. The number of benzene rings is 1. The van der Waals surface area contributed by atoms with Crippen molar-refractivity contribution in [1.82, 2.24) is 20.3 Å². The van der Waals surface area contributed by atoms with Crippen LogP contribution in [0, 0.1) is 0 Å². The lowest BCUT2D eigenvalue weighted by Crippen LogP contribution is -2.26. The predicted octanol–water partition coefficient (Wildman–Crippen LogP) is 2.17. The zero-order valence-corrected chi connectivity index (χ0v) is 12.4. The molecule has 0 unspecified atom stereocenters. The van der Waals surface area contributed by atoms with Crippen LogP contribution < -0.4 is 11.1 Å². The van der Waals surface area contributed by atoms with Gasteiger partial charge in [0.15, 0.2) is 0 Å². The van der Waals surface area contributed by atoms with E-state index in [9.17, 15) is 4.79 Å². The van der Waals surface area contributed by atoms with E-state index < -0.39 is 0 Å². The van der Waals surface area contributed by atoms with Gasteiger partial charge in [-0.15, -0.1) is 0 Å². The minimum Gasteiger partial charge on any atom is -0.384 e. The van der Waals surface area contributed by atoms with Gasteiger partial charge < -0.3 is 16.0 Å². The fraction of sp³-hybridized carbons (Fsp3) is 0.133. The third-order valence-corrected chi connectivity index (χ3v) is 3.42. The summed E-state index contributed by atoms with van der Waals surface area (Å²) in [6.45, 7) is 0.469. The summed E-state index contributed by atoms with van der Waals surface area (Å²) in [5, 5.41) is 3.48. The Balaban J connectivity index is 1.59. The van der Waals surface area contributed by atoms with Crippen molar-refractivity contribution in [3.05, 3.63) is 52.9 Å². The highest BCUT2D eigenvalue weighted by atomic mass is 35.5. The average Bonchev–Trinajstić information content (AvgIpc) is 2.89. The van der Waals surface area contributed by atoms with Gasteiger partial charge in [-0.1, -0.05) is 11.6 Å². The molecule has 0 fully saturated rings. The van der Waals surface area contributed by atoms with Crippen molar-refractivity contribution < 1.29 is 4.79 Å². The first-order valence-electron chi connectivity index (χ1n) is 6.76. The van der Waals surface area contributed by atoms with Crippen molar-refractivity contribution in [3.63, 3.8) is 0 Å². The number of fused-ring (bicyclic) bond motifs is 1. The molecular formula is C15H14ClN5O. The standard InChI is InChI=1S/C15H14ClN5O/c16-10-2-3-11-12(7-10)21-14(20-11)5-6-18-15(22)9-1-4-13(17)19-8-9/h1-4,7-8H,5-6H2,(H2,17,19)(H,18,22)(H,20,21). The molecule has 2 aromatic heterocycles. The molecule has 0 aliphatic rings. The summed E-state index contributed by atoms with van der Waals surface area (Å²) < 4.78 is 0. The highest BCUT2D eigenvalue weighted by Gasteiger charge is 2.07. The number of hydrogen-bond donors (Lipinski definition) is 3. The number of amides is 1. The van der Waals surface area contributed by atoms with Gasteiger partial charge in [-0.2, -0.15) is 0 Å².